The van der Waals surface area contributed by atoms with Gasteiger partial charge in [0.2, 0.25) is 5.91 Å². The first kappa shape index (κ1) is 22.1. The molecule has 0 spiro atoms. The SMILES string of the molecule is Cc1nc(NC(=O)CN(CC2CCCO2)C(=O)c2ccc([N+](=O)[O-])cc2Cl)sc1C. The number of nitro groups is 1. The zero-order valence-corrected chi connectivity index (χ0v) is 18.1. The normalized spacial score (nSPS) is 15.8. The van der Waals surface area contributed by atoms with E-state index < -0.39 is 16.7 Å². The molecule has 1 atom stereocenters. The zero-order valence-electron chi connectivity index (χ0n) is 16.5. The highest BCUT2D eigenvalue weighted by atomic mass is 35.5. The van der Waals surface area contributed by atoms with Crippen LogP contribution in [0.4, 0.5) is 10.8 Å². The van der Waals surface area contributed by atoms with Crippen LogP contribution in [0, 0.1) is 24.0 Å². The predicted octanol–water partition coefficient (Wildman–Crippen LogP) is 3.58. The Morgan fingerprint density at radius 2 is 2.20 bits per heavy atom. The number of nitrogens with zero attached hydrogens (tertiary/aromatic N) is 3. The number of carbonyl (C=O) groups is 2. The number of ether oxygens (including phenoxy) is 1. The van der Waals surface area contributed by atoms with Gasteiger partial charge in [-0.25, -0.2) is 4.98 Å². The summed E-state index contributed by atoms with van der Waals surface area (Å²) in [5.74, 6) is -0.889. The topological polar surface area (TPSA) is 115 Å². The number of aryl methyl sites for hydroxylation is 2. The molecule has 0 radical (unpaired) electrons. The fourth-order valence-corrected chi connectivity index (χ4v) is 4.16. The number of non-ortho nitro benzene ring substituents is 1. The van der Waals surface area contributed by atoms with E-state index in [2.05, 4.69) is 10.3 Å². The molecule has 11 heteroatoms. The molecule has 0 aliphatic carbocycles. The number of anilines is 1. The van der Waals surface area contributed by atoms with Gasteiger partial charge in [0.1, 0.15) is 6.54 Å². The van der Waals surface area contributed by atoms with Crippen molar-refractivity contribution < 1.29 is 19.2 Å². The molecule has 2 heterocycles. The van der Waals surface area contributed by atoms with Gasteiger partial charge in [-0.15, -0.1) is 11.3 Å². The summed E-state index contributed by atoms with van der Waals surface area (Å²) >= 11 is 7.48. The van der Waals surface area contributed by atoms with E-state index in [0.29, 0.717) is 11.7 Å². The maximum Gasteiger partial charge on any atom is 0.270 e. The Balaban J connectivity index is 1.78. The number of halogens is 1. The highest BCUT2D eigenvalue weighted by molar-refractivity contribution is 7.15. The molecule has 160 valence electrons. The second-order valence-corrected chi connectivity index (χ2v) is 8.56. The highest BCUT2D eigenvalue weighted by Gasteiger charge is 2.27. The summed E-state index contributed by atoms with van der Waals surface area (Å²) in [7, 11) is 0. The van der Waals surface area contributed by atoms with Crippen molar-refractivity contribution in [3.8, 4) is 0 Å². The molecule has 1 unspecified atom stereocenters. The number of aromatic nitrogens is 1. The number of rotatable bonds is 7. The van der Waals surface area contributed by atoms with Gasteiger partial charge >= 0.3 is 0 Å². The van der Waals surface area contributed by atoms with Crippen LogP contribution in [0.5, 0.6) is 0 Å². The van der Waals surface area contributed by atoms with Gasteiger partial charge in [-0.3, -0.25) is 19.7 Å². The Morgan fingerprint density at radius 1 is 1.43 bits per heavy atom. The summed E-state index contributed by atoms with van der Waals surface area (Å²) in [5.41, 5.74) is 0.712. The van der Waals surface area contributed by atoms with Crippen LogP contribution in [0.2, 0.25) is 5.02 Å². The molecule has 1 N–H and O–H groups in total. The maximum atomic E-state index is 13.1. The van der Waals surface area contributed by atoms with Gasteiger partial charge in [0.25, 0.3) is 11.6 Å². The Bertz CT molecular complexity index is 954. The first-order valence-corrected chi connectivity index (χ1v) is 10.5. The molecule has 0 bridgehead atoms. The Morgan fingerprint density at radius 3 is 2.77 bits per heavy atom. The van der Waals surface area contributed by atoms with Crippen molar-refractivity contribution in [3.63, 3.8) is 0 Å². The van der Waals surface area contributed by atoms with Gasteiger partial charge in [-0.1, -0.05) is 11.6 Å². The summed E-state index contributed by atoms with van der Waals surface area (Å²) in [5, 5.41) is 14.1. The van der Waals surface area contributed by atoms with E-state index in [4.69, 9.17) is 16.3 Å². The Hall–Kier alpha value is -2.56. The number of thiazole rings is 1. The molecule has 1 aliphatic rings. The molecule has 3 rings (SSSR count). The Kier molecular flexibility index (Phi) is 7.01. The molecular weight excluding hydrogens is 432 g/mol. The van der Waals surface area contributed by atoms with Crippen LogP contribution in [-0.2, 0) is 9.53 Å². The van der Waals surface area contributed by atoms with Gasteiger partial charge in [-0.05, 0) is 32.8 Å². The maximum absolute atomic E-state index is 13.1. The lowest BCUT2D eigenvalue weighted by molar-refractivity contribution is -0.384. The second kappa shape index (κ2) is 9.50. The zero-order chi connectivity index (χ0) is 21.8. The lowest BCUT2D eigenvalue weighted by Crippen LogP contribution is -2.42. The van der Waals surface area contributed by atoms with E-state index in [1.54, 1.807) is 0 Å². The molecule has 2 aromatic rings. The van der Waals surface area contributed by atoms with Crippen molar-refractivity contribution in [1.82, 2.24) is 9.88 Å². The largest absolute Gasteiger partial charge is 0.376 e. The van der Waals surface area contributed by atoms with Crippen LogP contribution in [0.15, 0.2) is 18.2 Å². The monoisotopic (exact) mass is 452 g/mol. The van der Waals surface area contributed by atoms with Gasteiger partial charge < -0.3 is 15.0 Å². The summed E-state index contributed by atoms with van der Waals surface area (Å²) in [6.45, 7) is 4.37. The molecule has 1 aromatic heterocycles. The first-order valence-electron chi connectivity index (χ1n) is 9.33. The van der Waals surface area contributed by atoms with E-state index in [9.17, 15) is 19.7 Å². The molecule has 1 aromatic carbocycles. The van der Waals surface area contributed by atoms with Crippen LogP contribution < -0.4 is 5.32 Å². The van der Waals surface area contributed by atoms with Crippen LogP contribution in [0.1, 0.15) is 33.8 Å². The average Bonchev–Trinajstić information content (AvgIpc) is 3.30. The summed E-state index contributed by atoms with van der Waals surface area (Å²) < 4.78 is 5.61. The minimum absolute atomic E-state index is 0.0434. The van der Waals surface area contributed by atoms with Gasteiger partial charge in [-0.2, -0.15) is 0 Å². The van der Waals surface area contributed by atoms with E-state index in [0.717, 1.165) is 29.5 Å². The number of nitro benzene ring substituents is 1. The van der Waals surface area contributed by atoms with Crippen molar-refractivity contribution in [3.05, 3.63) is 49.5 Å². The van der Waals surface area contributed by atoms with E-state index in [1.807, 2.05) is 13.8 Å². The van der Waals surface area contributed by atoms with Gasteiger partial charge in [0.05, 0.1) is 27.3 Å². The number of nitrogens with one attached hydrogen (secondary N) is 1. The van der Waals surface area contributed by atoms with Crippen LogP contribution in [-0.4, -0.2) is 52.4 Å². The summed E-state index contributed by atoms with van der Waals surface area (Å²) in [4.78, 5) is 42.6. The van der Waals surface area contributed by atoms with Crippen LogP contribution in [0.25, 0.3) is 0 Å². The smallest absolute Gasteiger partial charge is 0.270 e. The standard InChI is InChI=1S/C19H21ClN4O5S/c1-11-12(2)30-19(21-11)22-17(25)10-23(9-14-4-3-7-29-14)18(26)15-6-5-13(24(27)28)8-16(15)20/h5-6,8,14H,3-4,7,9-10H2,1-2H3,(H,21,22,25). The third-order valence-corrected chi connectivity index (χ3v) is 6.04. The van der Waals surface area contributed by atoms with Crippen molar-refractivity contribution in [2.45, 2.75) is 32.8 Å². The molecule has 1 fully saturated rings. The second-order valence-electron chi connectivity index (χ2n) is 6.95. The third kappa shape index (κ3) is 5.32. The minimum Gasteiger partial charge on any atom is -0.376 e. The van der Waals surface area contributed by atoms with Crippen molar-refractivity contribution in [2.75, 3.05) is 25.0 Å². The van der Waals surface area contributed by atoms with Gasteiger partial charge in [0.15, 0.2) is 5.13 Å². The van der Waals surface area contributed by atoms with Gasteiger partial charge in [0, 0.05) is 30.2 Å². The highest BCUT2D eigenvalue weighted by Crippen LogP contribution is 2.25. The number of hydrogen-bond donors (Lipinski definition) is 1. The lowest BCUT2D eigenvalue weighted by Gasteiger charge is -2.25. The fourth-order valence-electron chi connectivity index (χ4n) is 3.07. The number of benzene rings is 1. The summed E-state index contributed by atoms with van der Waals surface area (Å²) in [6.07, 6.45) is 1.49. The third-order valence-electron chi connectivity index (χ3n) is 4.74. The van der Waals surface area contributed by atoms with E-state index in [1.165, 1.54) is 28.4 Å². The minimum atomic E-state index is -0.588. The molecular formula is C19H21ClN4O5S. The molecule has 0 saturated carbocycles. The number of carbonyl (C=O) groups excluding carboxylic acids is 2. The fraction of sp³-hybridized carbons (Fsp3) is 0.421. The molecule has 30 heavy (non-hydrogen) atoms. The first-order chi connectivity index (χ1) is 14.2. The lowest BCUT2D eigenvalue weighted by atomic mass is 10.1. The summed E-state index contributed by atoms with van der Waals surface area (Å²) in [6, 6.07) is 3.64. The molecule has 9 nitrogen and oxygen atoms in total. The Labute approximate surface area is 182 Å². The number of hydrogen-bond acceptors (Lipinski definition) is 7. The van der Waals surface area contributed by atoms with Crippen molar-refractivity contribution in [1.29, 1.82) is 0 Å². The predicted molar refractivity (Wildman–Crippen MR) is 113 cm³/mol. The van der Waals surface area contributed by atoms with Crippen LogP contribution in [0.3, 0.4) is 0 Å². The van der Waals surface area contributed by atoms with E-state index in [-0.39, 0.29) is 35.5 Å². The van der Waals surface area contributed by atoms with Crippen molar-refractivity contribution in [2.24, 2.45) is 0 Å². The number of amides is 2. The van der Waals surface area contributed by atoms with E-state index >= 15 is 0 Å². The molecule has 2 amide bonds. The van der Waals surface area contributed by atoms with Crippen molar-refractivity contribution >= 4 is 45.6 Å². The average molecular weight is 453 g/mol. The molecule has 1 aliphatic heterocycles. The van der Waals surface area contributed by atoms with Crippen LogP contribution >= 0.6 is 22.9 Å². The molecule has 1 saturated heterocycles. The quantitative estimate of drug-likeness (QED) is 0.507.